The number of ether oxygens (including phenoxy) is 4. The summed E-state index contributed by atoms with van der Waals surface area (Å²) in [6.07, 6.45) is 30.6. The van der Waals surface area contributed by atoms with Gasteiger partial charge in [-0.3, -0.25) is 9.98 Å². The van der Waals surface area contributed by atoms with Crippen LogP contribution >= 0.6 is 0 Å². The van der Waals surface area contributed by atoms with Gasteiger partial charge >= 0.3 is 11.9 Å². The van der Waals surface area contributed by atoms with Gasteiger partial charge in [0, 0.05) is 35.7 Å². The van der Waals surface area contributed by atoms with Crippen LogP contribution in [-0.2, 0) is 9.47 Å². The average molecular weight is 919 g/mol. The van der Waals surface area contributed by atoms with Crippen molar-refractivity contribution in [1.82, 2.24) is 0 Å². The zero-order chi connectivity index (χ0) is 47.6. The normalized spacial score (nSPS) is 11.4. The lowest BCUT2D eigenvalue weighted by molar-refractivity contribution is 0.0478. The number of carbonyl (C=O) groups excluding carboxylic acids is 2. The molecule has 0 heterocycles. The fourth-order valence-electron chi connectivity index (χ4n) is 7.54. The van der Waals surface area contributed by atoms with Crippen LogP contribution < -0.4 is 9.47 Å². The van der Waals surface area contributed by atoms with Crippen LogP contribution in [0.25, 0.3) is 0 Å². The number of nitrogens with zero attached hydrogens (tertiary/aromatic N) is 2. The standard InChI is InChI=1S/C57H78N2O8/c1-3-5-7-9-11-13-15-17-19-22-38-64-52-36-30-48(54(60)42-52)44-58-50-32-26-46(27-33-50)56(62)66-40-24-21-25-41-67-57(63)47-28-34-51(35-29-47)59-45-49-31-37-53(43-55(49)61)65-39-23-20-18-16-14-12-10-8-6-4-2/h26-37,42-45,60-61H,3-25,38-41H2,1-2H3. The maximum atomic E-state index is 12.6. The van der Waals surface area contributed by atoms with Crippen molar-refractivity contribution in [3.8, 4) is 23.0 Å². The summed E-state index contributed by atoms with van der Waals surface area (Å²) in [5.74, 6) is 0.622. The number of hydrogen-bond donors (Lipinski definition) is 2. The molecular weight excluding hydrogens is 841 g/mol. The highest BCUT2D eigenvalue weighted by Crippen LogP contribution is 2.26. The summed E-state index contributed by atoms with van der Waals surface area (Å²) in [7, 11) is 0. The van der Waals surface area contributed by atoms with Crippen LogP contribution in [0.2, 0.25) is 0 Å². The molecule has 0 aromatic heterocycles. The van der Waals surface area contributed by atoms with Crippen molar-refractivity contribution < 1.29 is 38.7 Å². The van der Waals surface area contributed by atoms with Gasteiger partial charge in [-0.1, -0.05) is 129 Å². The van der Waals surface area contributed by atoms with Gasteiger partial charge < -0.3 is 29.2 Å². The first-order valence-electron chi connectivity index (χ1n) is 25.4. The monoisotopic (exact) mass is 919 g/mol. The fraction of sp³-hybridized carbons (Fsp3) is 0.509. The molecule has 67 heavy (non-hydrogen) atoms. The van der Waals surface area contributed by atoms with Gasteiger partial charge in [-0.2, -0.15) is 0 Å². The van der Waals surface area contributed by atoms with E-state index in [1.54, 1.807) is 85.2 Å². The zero-order valence-electron chi connectivity index (χ0n) is 40.6. The summed E-state index contributed by atoms with van der Waals surface area (Å²) in [6, 6.07) is 24.0. The molecule has 4 rings (SSSR count). The Morgan fingerprint density at radius 2 is 0.731 bits per heavy atom. The Morgan fingerprint density at radius 1 is 0.418 bits per heavy atom. The molecule has 0 bridgehead atoms. The summed E-state index contributed by atoms with van der Waals surface area (Å²) < 4.78 is 22.6. The second kappa shape index (κ2) is 33.8. The van der Waals surface area contributed by atoms with E-state index in [4.69, 9.17) is 18.9 Å². The Balaban J connectivity index is 1.03. The van der Waals surface area contributed by atoms with Gasteiger partial charge in [0.25, 0.3) is 0 Å². The van der Waals surface area contributed by atoms with Gasteiger partial charge in [0.05, 0.1) is 48.9 Å². The van der Waals surface area contributed by atoms with E-state index in [2.05, 4.69) is 23.8 Å². The first-order valence-corrected chi connectivity index (χ1v) is 25.4. The largest absolute Gasteiger partial charge is 0.507 e. The topological polar surface area (TPSA) is 136 Å². The van der Waals surface area contributed by atoms with Crippen molar-refractivity contribution in [2.45, 2.75) is 162 Å². The molecule has 0 spiro atoms. The Bertz CT molecular complexity index is 1880. The third-order valence-electron chi connectivity index (χ3n) is 11.7. The predicted octanol–water partition coefficient (Wildman–Crippen LogP) is 15.4. The summed E-state index contributed by atoms with van der Waals surface area (Å²) >= 11 is 0. The maximum Gasteiger partial charge on any atom is 0.338 e. The molecule has 0 unspecified atom stereocenters. The average Bonchev–Trinajstić information content (AvgIpc) is 3.34. The number of rotatable bonds is 36. The van der Waals surface area contributed by atoms with Gasteiger partial charge in [-0.15, -0.1) is 0 Å². The maximum absolute atomic E-state index is 12.6. The van der Waals surface area contributed by atoms with Crippen LogP contribution in [0.1, 0.15) is 193 Å². The molecule has 0 aliphatic rings. The van der Waals surface area contributed by atoms with E-state index in [1.165, 1.54) is 103 Å². The molecule has 0 radical (unpaired) electrons. The number of carbonyl (C=O) groups is 2. The minimum absolute atomic E-state index is 0.0940. The van der Waals surface area contributed by atoms with Crippen molar-refractivity contribution in [3.63, 3.8) is 0 Å². The molecule has 0 saturated carbocycles. The lowest BCUT2D eigenvalue weighted by Gasteiger charge is -2.08. The number of aliphatic imine (C=N–C) groups is 2. The predicted molar refractivity (Wildman–Crippen MR) is 273 cm³/mol. The van der Waals surface area contributed by atoms with E-state index >= 15 is 0 Å². The Morgan fingerprint density at radius 3 is 1.07 bits per heavy atom. The fourth-order valence-corrected chi connectivity index (χ4v) is 7.54. The third-order valence-corrected chi connectivity index (χ3v) is 11.7. The van der Waals surface area contributed by atoms with Crippen molar-refractivity contribution >= 4 is 35.7 Å². The molecule has 0 aliphatic heterocycles. The van der Waals surface area contributed by atoms with Gasteiger partial charge in [0.15, 0.2) is 0 Å². The number of aromatic hydroxyl groups is 2. The first kappa shape index (κ1) is 54.0. The molecule has 0 aliphatic carbocycles. The Hall–Kier alpha value is -5.64. The number of unbranched alkanes of at least 4 members (excludes halogenated alkanes) is 20. The molecule has 10 heteroatoms. The number of phenolic OH excluding ortho intramolecular Hbond substituents is 2. The Kier molecular flexibility index (Phi) is 27.2. The second-order valence-electron chi connectivity index (χ2n) is 17.4. The van der Waals surface area contributed by atoms with E-state index in [0.717, 1.165) is 32.1 Å². The highest BCUT2D eigenvalue weighted by Gasteiger charge is 2.10. The van der Waals surface area contributed by atoms with Gasteiger partial charge in [0.1, 0.15) is 23.0 Å². The van der Waals surface area contributed by atoms with E-state index in [0.29, 0.717) is 71.2 Å². The molecule has 0 amide bonds. The summed E-state index contributed by atoms with van der Waals surface area (Å²) in [6.45, 7) is 6.27. The SMILES string of the molecule is CCCCCCCCCCCCOc1ccc(C=Nc2ccc(C(=O)OCCCCCOC(=O)c3ccc(N=Cc4ccc(OCCCCCCCCCCCC)cc4O)cc3)cc2)c(O)c1. The first-order chi connectivity index (χ1) is 32.9. The number of phenols is 2. The molecule has 0 saturated heterocycles. The minimum atomic E-state index is -0.421. The highest BCUT2D eigenvalue weighted by molar-refractivity contribution is 5.91. The minimum Gasteiger partial charge on any atom is -0.507 e. The molecule has 364 valence electrons. The van der Waals surface area contributed by atoms with Crippen molar-refractivity contribution in [1.29, 1.82) is 0 Å². The van der Waals surface area contributed by atoms with Crippen LogP contribution in [0.3, 0.4) is 0 Å². The summed E-state index contributed by atoms with van der Waals surface area (Å²) in [5.41, 5.74) is 3.25. The van der Waals surface area contributed by atoms with Crippen molar-refractivity contribution in [2.24, 2.45) is 9.98 Å². The van der Waals surface area contributed by atoms with Crippen LogP contribution in [-0.4, -0.2) is 61.0 Å². The van der Waals surface area contributed by atoms with Gasteiger partial charge in [-0.25, -0.2) is 9.59 Å². The van der Waals surface area contributed by atoms with Crippen molar-refractivity contribution in [2.75, 3.05) is 26.4 Å². The molecule has 0 atom stereocenters. The Labute approximate surface area is 401 Å². The smallest absolute Gasteiger partial charge is 0.338 e. The lowest BCUT2D eigenvalue weighted by Crippen LogP contribution is -2.08. The van der Waals surface area contributed by atoms with Gasteiger partial charge in [0.2, 0.25) is 0 Å². The molecule has 4 aromatic rings. The van der Waals surface area contributed by atoms with E-state index < -0.39 is 11.9 Å². The third kappa shape index (κ3) is 23.1. The molecule has 2 N–H and O–H groups in total. The molecule has 10 nitrogen and oxygen atoms in total. The van der Waals surface area contributed by atoms with Crippen LogP contribution in [0.15, 0.2) is 94.9 Å². The summed E-state index contributed by atoms with van der Waals surface area (Å²) in [5, 5.41) is 21.1. The lowest BCUT2D eigenvalue weighted by atomic mass is 10.1. The van der Waals surface area contributed by atoms with E-state index in [-0.39, 0.29) is 24.7 Å². The van der Waals surface area contributed by atoms with Crippen LogP contribution in [0, 0.1) is 0 Å². The summed E-state index contributed by atoms with van der Waals surface area (Å²) in [4.78, 5) is 34.1. The van der Waals surface area contributed by atoms with Crippen LogP contribution in [0.4, 0.5) is 11.4 Å². The number of benzene rings is 4. The quantitative estimate of drug-likeness (QED) is 0.0261. The molecular formula is C57H78N2O8. The second-order valence-corrected chi connectivity index (χ2v) is 17.4. The number of esters is 2. The van der Waals surface area contributed by atoms with Gasteiger partial charge in [-0.05, 0) is 105 Å². The molecule has 4 aromatic carbocycles. The molecule has 0 fully saturated rings. The highest BCUT2D eigenvalue weighted by atomic mass is 16.5. The zero-order valence-corrected chi connectivity index (χ0v) is 40.6. The number of hydrogen-bond acceptors (Lipinski definition) is 10. The van der Waals surface area contributed by atoms with Crippen LogP contribution in [0.5, 0.6) is 23.0 Å². The van der Waals surface area contributed by atoms with E-state index in [1.807, 2.05) is 12.1 Å². The van der Waals surface area contributed by atoms with E-state index in [9.17, 15) is 19.8 Å². The van der Waals surface area contributed by atoms with Crippen molar-refractivity contribution in [3.05, 3.63) is 107 Å².